The van der Waals surface area contributed by atoms with Crippen LogP contribution in [0.15, 0.2) is 85.1 Å². The van der Waals surface area contributed by atoms with Crippen molar-refractivity contribution in [1.29, 1.82) is 0 Å². The number of nitrogens with zero attached hydrogens (tertiary/aromatic N) is 2. The number of aliphatic hydroxyl groups is 1. The van der Waals surface area contributed by atoms with Gasteiger partial charge < -0.3 is 5.11 Å². The topological polar surface area (TPSA) is 27.4 Å². The summed E-state index contributed by atoms with van der Waals surface area (Å²) in [6.45, 7) is 1.19. The minimum absolute atomic E-state index is 0. The molecule has 1 atom stereocenters. The van der Waals surface area contributed by atoms with Crippen molar-refractivity contribution >= 4 is 22.8 Å². The highest BCUT2D eigenvalue weighted by atomic mass is 79.9. The molecule has 1 unspecified atom stereocenters. The molecule has 3 nitrogen and oxygen atoms in total. The molecule has 1 aromatic heterocycles. The van der Waals surface area contributed by atoms with Gasteiger partial charge in [-0.3, -0.25) is 0 Å². The van der Waals surface area contributed by atoms with E-state index in [1.807, 2.05) is 66.9 Å². The number of hydrogen-bond donors (Lipinski definition) is 1. The van der Waals surface area contributed by atoms with Gasteiger partial charge in [0.25, 0.3) is 11.5 Å². The van der Waals surface area contributed by atoms with Crippen LogP contribution in [-0.4, -0.2) is 5.11 Å². The third-order valence-corrected chi connectivity index (χ3v) is 4.45. The quantitative estimate of drug-likeness (QED) is 0.701. The third-order valence-electron chi connectivity index (χ3n) is 4.45. The molecule has 122 valence electrons. The lowest BCUT2D eigenvalue weighted by Gasteiger charge is -2.27. The van der Waals surface area contributed by atoms with Gasteiger partial charge in [0, 0.05) is 11.6 Å². The van der Waals surface area contributed by atoms with Crippen LogP contribution in [0.25, 0.3) is 0 Å². The van der Waals surface area contributed by atoms with E-state index in [0.717, 1.165) is 11.4 Å². The Bertz CT molecular complexity index is 810. The van der Waals surface area contributed by atoms with Crippen molar-refractivity contribution in [1.82, 2.24) is 0 Å². The molecule has 0 radical (unpaired) electrons. The van der Waals surface area contributed by atoms with E-state index in [1.165, 1.54) is 5.56 Å². The van der Waals surface area contributed by atoms with Crippen LogP contribution in [0.3, 0.4) is 0 Å². The Labute approximate surface area is 152 Å². The SMILES string of the molecule is Br.OC1(c2ccccc2)C[n+]2ccccc2N1Cc1ccccc1. The average Bonchev–Trinajstić information content (AvgIpc) is 2.90. The monoisotopic (exact) mass is 383 g/mol. The molecule has 0 amide bonds. The first-order valence-electron chi connectivity index (χ1n) is 7.85. The van der Waals surface area contributed by atoms with E-state index < -0.39 is 5.72 Å². The zero-order valence-corrected chi connectivity index (χ0v) is 15.0. The van der Waals surface area contributed by atoms with Crippen molar-refractivity contribution < 1.29 is 9.67 Å². The molecule has 4 heteroatoms. The number of halogens is 1. The van der Waals surface area contributed by atoms with Crippen LogP contribution in [0, 0.1) is 0 Å². The summed E-state index contributed by atoms with van der Waals surface area (Å²) in [5, 5.41) is 11.5. The Morgan fingerprint density at radius 3 is 2.21 bits per heavy atom. The van der Waals surface area contributed by atoms with Crippen LogP contribution in [0.4, 0.5) is 5.82 Å². The van der Waals surface area contributed by atoms with Crippen LogP contribution in [0.1, 0.15) is 11.1 Å². The molecule has 1 aliphatic heterocycles. The molecular weight excluding hydrogens is 364 g/mol. The molecule has 2 aromatic carbocycles. The molecule has 4 rings (SSSR count). The summed E-state index contributed by atoms with van der Waals surface area (Å²) in [6, 6.07) is 26.2. The molecule has 0 aliphatic carbocycles. The van der Waals surface area contributed by atoms with Gasteiger partial charge in [0.2, 0.25) is 0 Å². The molecule has 0 bridgehead atoms. The van der Waals surface area contributed by atoms with Gasteiger partial charge in [0.15, 0.2) is 6.54 Å². The molecule has 3 aromatic rings. The highest BCUT2D eigenvalue weighted by Crippen LogP contribution is 2.35. The summed E-state index contributed by atoms with van der Waals surface area (Å²) >= 11 is 0. The lowest BCUT2D eigenvalue weighted by atomic mass is 10.0. The number of fused-ring (bicyclic) bond motifs is 1. The number of anilines is 1. The van der Waals surface area contributed by atoms with Crippen molar-refractivity contribution in [3.8, 4) is 0 Å². The fourth-order valence-corrected chi connectivity index (χ4v) is 3.29. The maximum atomic E-state index is 11.5. The van der Waals surface area contributed by atoms with Gasteiger partial charge in [-0.2, -0.15) is 0 Å². The summed E-state index contributed by atoms with van der Waals surface area (Å²) < 4.78 is 2.11. The lowest BCUT2D eigenvalue weighted by molar-refractivity contribution is -0.683. The van der Waals surface area contributed by atoms with Gasteiger partial charge >= 0.3 is 0 Å². The summed E-state index contributed by atoms with van der Waals surface area (Å²) in [7, 11) is 0. The molecule has 2 heterocycles. The Hall–Kier alpha value is -2.17. The standard InChI is InChI=1S/C20H19N2O.BrH/c23-20(18-11-5-2-6-12-18)16-21-14-8-7-13-19(21)22(20)15-17-9-3-1-4-10-17;/h1-14,23H,15-16H2;1H/q+1;. The molecule has 1 aliphatic rings. The second kappa shape index (κ2) is 6.75. The van der Waals surface area contributed by atoms with Crippen molar-refractivity contribution in [2.75, 3.05) is 4.90 Å². The largest absolute Gasteiger partial charge is 0.346 e. The van der Waals surface area contributed by atoms with Crippen molar-refractivity contribution in [3.05, 3.63) is 96.2 Å². The number of hydrogen-bond acceptors (Lipinski definition) is 2. The van der Waals surface area contributed by atoms with E-state index in [-0.39, 0.29) is 17.0 Å². The van der Waals surface area contributed by atoms with Gasteiger partial charge in [0.1, 0.15) is 6.54 Å². The van der Waals surface area contributed by atoms with Crippen molar-refractivity contribution in [2.45, 2.75) is 18.8 Å². The third kappa shape index (κ3) is 2.83. The Balaban J connectivity index is 0.00000169. The first-order valence-corrected chi connectivity index (χ1v) is 7.85. The Kier molecular flexibility index (Phi) is 4.69. The summed E-state index contributed by atoms with van der Waals surface area (Å²) in [5.74, 6) is 1.03. The highest BCUT2D eigenvalue weighted by molar-refractivity contribution is 8.93. The van der Waals surface area contributed by atoms with Gasteiger partial charge in [-0.15, -0.1) is 17.0 Å². The van der Waals surface area contributed by atoms with Gasteiger partial charge in [-0.1, -0.05) is 66.7 Å². The maximum absolute atomic E-state index is 11.5. The highest BCUT2D eigenvalue weighted by Gasteiger charge is 2.51. The first-order chi connectivity index (χ1) is 11.3. The zero-order valence-electron chi connectivity index (χ0n) is 13.2. The number of rotatable bonds is 3. The maximum Gasteiger partial charge on any atom is 0.279 e. The minimum atomic E-state index is -1.04. The van der Waals surface area contributed by atoms with E-state index in [2.05, 4.69) is 27.7 Å². The minimum Gasteiger partial charge on any atom is -0.346 e. The zero-order chi connectivity index (χ0) is 15.7. The molecule has 0 fully saturated rings. The van der Waals surface area contributed by atoms with E-state index in [9.17, 15) is 5.11 Å². The van der Waals surface area contributed by atoms with Gasteiger partial charge in [-0.25, -0.2) is 9.47 Å². The predicted octanol–water partition coefficient (Wildman–Crippen LogP) is 3.42. The first kappa shape index (κ1) is 16.7. The molecule has 0 saturated carbocycles. The summed E-state index contributed by atoms with van der Waals surface area (Å²) in [5.41, 5.74) is 1.06. The number of aromatic nitrogens is 1. The van der Waals surface area contributed by atoms with Gasteiger partial charge in [-0.05, 0) is 11.6 Å². The molecule has 1 N–H and O–H groups in total. The molecule has 0 spiro atoms. The average molecular weight is 384 g/mol. The van der Waals surface area contributed by atoms with E-state index in [4.69, 9.17) is 0 Å². The normalized spacial score (nSPS) is 18.8. The van der Waals surface area contributed by atoms with Crippen LogP contribution < -0.4 is 9.47 Å². The second-order valence-electron chi connectivity index (χ2n) is 5.94. The van der Waals surface area contributed by atoms with Crippen molar-refractivity contribution in [2.24, 2.45) is 0 Å². The molecule has 24 heavy (non-hydrogen) atoms. The summed E-state index contributed by atoms with van der Waals surface area (Å²) in [6.07, 6.45) is 2.02. The fraction of sp³-hybridized carbons (Fsp3) is 0.150. The van der Waals surface area contributed by atoms with Crippen LogP contribution in [0.2, 0.25) is 0 Å². The van der Waals surface area contributed by atoms with Gasteiger partial charge in [0.05, 0.1) is 6.20 Å². The Morgan fingerprint density at radius 1 is 0.875 bits per heavy atom. The van der Waals surface area contributed by atoms with Crippen LogP contribution in [0.5, 0.6) is 0 Å². The van der Waals surface area contributed by atoms with Crippen LogP contribution in [-0.2, 0) is 18.8 Å². The van der Waals surface area contributed by atoms with E-state index >= 15 is 0 Å². The number of benzene rings is 2. The Morgan fingerprint density at radius 2 is 1.50 bits per heavy atom. The second-order valence-corrected chi connectivity index (χ2v) is 5.94. The predicted molar refractivity (Wildman–Crippen MR) is 99.9 cm³/mol. The van der Waals surface area contributed by atoms with Crippen molar-refractivity contribution in [3.63, 3.8) is 0 Å². The van der Waals surface area contributed by atoms with E-state index in [1.54, 1.807) is 0 Å². The molecular formula is C20H20BrN2O+. The fourth-order valence-electron chi connectivity index (χ4n) is 3.29. The summed E-state index contributed by atoms with van der Waals surface area (Å²) in [4.78, 5) is 2.08. The number of pyridine rings is 1. The lowest BCUT2D eigenvalue weighted by Crippen LogP contribution is -2.45. The van der Waals surface area contributed by atoms with Crippen LogP contribution >= 0.6 is 17.0 Å². The smallest absolute Gasteiger partial charge is 0.279 e. The molecule has 0 saturated heterocycles. The van der Waals surface area contributed by atoms with E-state index in [0.29, 0.717) is 13.1 Å².